The van der Waals surface area contributed by atoms with Crippen LogP contribution in [0.2, 0.25) is 0 Å². The average Bonchev–Trinajstić information content (AvgIpc) is 2.78. The molecule has 0 unspecified atom stereocenters. The minimum Gasteiger partial charge on any atom is -0.322 e. The number of benzene rings is 3. The zero-order valence-electron chi connectivity index (χ0n) is 16.8. The van der Waals surface area contributed by atoms with Crippen LogP contribution in [0.4, 0.5) is 19.3 Å². The van der Waals surface area contributed by atoms with Gasteiger partial charge in [0.2, 0.25) is 0 Å². The van der Waals surface area contributed by atoms with Crippen LogP contribution in [-0.4, -0.2) is 42.0 Å². The molecule has 0 atom stereocenters. The third kappa shape index (κ3) is 5.11. The third-order valence-electron chi connectivity index (χ3n) is 5.45. The highest BCUT2D eigenvalue weighted by Crippen LogP contribution is 2.30. The Kier molecular flexibility index (Phi) is 6.63. The molecule has 2 amide bonds. The van der Waals surface area contributed by atoms with Crippen molar-refractivity contribution in [2.75, 3.05) is 31.5 Å². The summed E-state index contributed by atoms with van der Waals surface area (Å²) in [5, 5.41) is 2.94. The Morgan fingerprint density at radius 1 is 0.806 bits per heavy atom. The molecule has 31 heavy (non-hydrogen) atoms. The van der Waals surface area contributed by atoms with Gasteiger partial charge in [0.15, 0.2) is 0 Å². The van der Waals surface area contributed by atoms with Crippen molar-refractivity contribution < 1.29 is 13.6 Å². The van der Waals surface area contributed by atoms with E-state index in [0.717, 1.165) is 21.3 Å². The van der Waals surface area contributed by atoms with Crippen LogP contribution in [0, 0.1) is 11.6 Å². The molecular weight excluding hydrogens is 464 g/mol. The maximum atomic E-state index is 13.5. The van der Waals surface area contributed by atoms with Crippen molar-refractivity contribution in [1.82, 2.24) is 9.80 Å². The van der Waals surface area contributed by atoms with Gasteiger partial charge in [0.1, 0.15) is 11.6 Å². The molecule has 3 aromatic carbocycles. The number of hydrogen-bond donors (Lipinski definition) is 1. The van der Waals surface area contributed by atoms with Gasteiger partial charge in [-0.25, -0.2) is 13.6 Å². The Hall–Kier alpha value is -2.77. The molecule has 0 aromatic heterocycles. The van der Waals surface area contributed by atoms with Crippen molar-refractivity contribution in [3.05, 3.63) is 100 Å². The maximum absolute atomic E-state index is 13.5. The van der Waals surface area contributed by atoms with E-state index in [-0.39, 0.29) is 23.7 Å². The summed E-state index contributed by atoms with van der Waals surface area (Å²) >= 11 is 3.44. The number of nitrogens with zero attached hydrogens (tertiary/aromatic N) is 2. The van der Waals surface area contributed by atoms with E-state index in [9.17, 15) is 13.6 Å². The Labute approximate surface area is 188 Å². The summed E-state index contributed by atoms with van der Waals surface area (Å²) < 4.78 is 27.8. The Balaban J connectivity index is 1.48. The van der Waals surface area contributed by atoms with Gasteiger partial charge >= 0.3 is 6.03 Å². The third-order valence-corrected chi connectivity index (χ3v) is 6.15. The van der Waals surface area contributed by atoms with Gasteiger partial charge in [0.25, 0.3) is 0 Å². The van der Waals surface area contributed by atoms with Crippen molar-refractivity contribution in [3.63, 3.8) is 0 Å². The molecule has 0 spiro atoms. The molecule has 0 bridgehead atoms. The Bertz CT molecular complexity index is 990. The monoisotopic (exact) mass is 485 g/mol. The van der Waals surface area contributed by atoms with Gasteiger partial charge in [-0.2, -0.15) is 0 Å². The molecule has 3 aromatic rings. The fraction of sp³-hybridized carbons (Fsp3) is 0.208. The highest BCUT2D eigenvalue weighted by molar-refractivity contribution is 9.10. The second-order valence-corrected chi connectivity index (χ2v) is 8.29. The average molecular weight is 486 g/mol. The van der Waals surface area contributed by atoms with Crippen molar-refractivity contribution in [3.8, 4) is 0 Å². The molecule has 0 saturated carbocycles. The molecule has 0 radical (unpaired) electrons. The van der Waals surface area contributed by atoms with E-state index in [0.29, 0.717) is 26.2 Å². The molecular formula is C24H22BrF2N3O. The molecule has 1 N–H and O–H groups in total. The van der Waals surface area contributed by atoms with Crippen LogP contribution < -0.4 is 5.32 Å². The molecule has 1 aliphatic heterocycles. The SMILES string of the molecule is O=C(Nc1ccccc1Br)N1CCN(C(c2ccc(F)cc2)c2ccc(F)cc2)CC1. The Morgan fingerprint density at radius 3 is 1.84 bits per heavy atom. The summed E-state index contributed by atoms with van der Waals surface area (Å²) in [4.78, 5) is 16.7. The number of carbonyl (C=O) groups is 1. The summed E-state index contributed by atoms with van der Waals surface area (Å²) in [6.07, 6.45) is 0. The standard InChI is InChI=1S/C24H22BrF2N3O/c25-21-3-1-2-4-22(21)28-24(31)30-15-13-29(14-16-30)23(17-5-9-19(26)10-6-17)18-7-11-20(27)12-8-18/h1-12,23H,13-16H2,(H,28,31). The normalized spacial score (nSPS) is 14.6. The number of para-hydroxylation sites is 1. The first kappa shape index (κ1) is 21.5. The van der Waals surface area contributed by atoms with Crippen LogP contribution in [-0.2, 0) is 0 Å². The second-order valence-electron chi connectivity index (χ2n) is 7.44. The van der Waals surface area contributed by atoms with E-state index in [1.54, 1.807) is 29.2 Å². The second kappa shape index (κ2) is 9.58. The van der Waals surface area contributed by atoms with Crippen molar-refractivity contribution in [2.45, 2.75) is 6.04 Å². The molecule has 7 heteroatoms. The molecule has 1 saturated heterocycles. The smallest absolute Gasteiger partial charge is 0.321 e. The predicted molar refractivity (Wildman–Crippen MR) is 121 cm³/mol. The number of anilines is 1. The molecule has 1 aliphatic rings. The minimum atomic E-state index is -0.296. The van der Waals surface area contributed by atoms with E-state index >= 15 is 0 Å². The van der Waals surface area contributed by atoms with Crippen LogP contribution in [0.5, 0.6) is 0 Å². The first-order valence-corrected chi connectivity index (χ1v) is 10.9. The quantitative estimate of drug-likeness (QED) is 0.516. The van der Waals surface area contributed by atoms with Crippen molar-refractivity contribution in [2.24, 2.45) is 0 Å². The van der Waals surface area contributed by atoms with E-state index in [2.05, 4.69) is 26.1 Å². The molecule has 4 nitrogen and oxygen atoms in total. The number of amides is 2. The van der Waals surface area contributed by atoms with Gasteiger partial charge in [-0.3, -0.25) is 4.90 Å². The number of piperazine rings is 1. The first-order valence-electron chi connectivity index (χ1n) is 10.1. The Morgan fingerprint density at radius 2 is 1.32 bits per heavy atom. The number of carbonyl (C=O) groups excluding carboxylic acids is 1. The van der Waals surface area contributed by atoms with Gasteiger partial charge in [-0.05, 0) is 63.5 Å². The lowest BCUT2D eigenvalue weighted by Gasteiger charge is -2.39. The summed E-state index contributed by atoms with van der Waals surface area (Å²) in [5.74, 6) is -0.592. The number of urea groups is 1. The van der Waals surface area contributed by atoms with E-state index in [1.807, 2.05) is 24.3 Å². The molecule has 4 rings (SSSR count). The van der Waals surface area contributed by atoms with E-state index in [4.69, 9.17) is 0 Å². The molecule has 160 valence electrons. The van der Waals surface area contributed by atoms with Crippen molar-refractivity contribution in [1.29, 1.82) is 0 Å². The highest BCUT2D eigenvalue weighted by atomic mass is 79.9. The van der Waals surface area contributed by atoms with Gasteiger partial charge in [-0.1, -0.05) is 36.4 Å². The summed E-state index contributed by atoms with van der Waals surface area (Å²) in [7, 11) is 0. The molecule has 1 heterocycles. The predicted octanol–water partition coefficient (Wildman–Crippen LogP) is 5.67. The lowest BCUT2D eigenvalue weighted by atomic mass is 9.96. The topological polar surface area (TPSA) is 35.6 Å². The van der Waals surface area contributed by atoms with Crippen LogP contribution in [0.15, 0.2) is 77.3 Å². The molecule has 1 fully saturated rings. The van der Waals surface area contributed by atoms with Crippen molar-refractivity contribution >= 4 is 27.6 Å². The molecule has 0 aliphatic carbocycles. The number of rotatable bonds is 4. The summed E-state index contributed by atoms with van der Waals surface area (Å²) in [5.41, 5.74) is 2.59. The maximum Gasteiger partial charge on any atom is 0.321 e. The first-order chi connectivity index (χ1) is 15.0. The summed E-state index contributed by atoms with van der Waals surface area (Å²) in [6, 6.07) is 20.0. The van der Waals surface area contributed by atoms with Gasteiger partial charge < -0.3 is 10.2 Å². The van der Waals surface area contributed by atoms with Crippen LogP contribution >= 0.6 is 15.9 Å². The van der Waals surface area contributed by atoms with Crippen LogP contribution in [0.1, 0.15) is 17.2 Å². The van der Waals surface area contributed by atoms with E-state index < -0.39 is 0 Å². The fourth-order valence-corrected chi connectivity index (χ4v) is 4.23. The lowest BCUT2D eigenvalue weighted by molar-refractivity contribution is 0.126. The number of hydrogen-bond acceptors (Lipinski definition) is 2. The minimum absolute atomic E-state index is 0.144. The fourth-order valence-electron chi connectivity index (χ4n) is 3.84. The van der Waals surface area contributed by atoms with Gasteiger partial charge in [0.05, 0.1) is 11.7 Å². The zero-order chi connectivity index (χ0) is 21.8. The van der Waals surface area contributed by atoms with Gasteiger partial charge in [0, 0.05) is 30.7 Å². The lowest BCUT2D eigenvalue weighted by Crippen LogP contribution is -2.51. The zero-order valence-corrected chi connectivity index (χ0v) is 18.4. The van der Waals surface area contributed by atoms with E-state index in [1.165, 1.54) is 24.3 Å². The number of halogens is 3. The summed E-state index contributed by atoms with van der Waals surface area (Å²) in [6.45, 7) is 2.38. The number of nitrogens with one attached hydrogen (secondary N) is 1. The van der Waals surface area contributed by atoms with Crippen LogP contribution in [0.3, 0.4) is 0 Å². The highest BCUT2D eigenvalue weighted by Gasteiger charge is 2.28. The largest absolute Gasteiger partial charge is 0.322 e. The van der Waals surface area contributed by atoms with Gasteiger partial charge in [-0.15, -0.1) is 0 Å². The van der Waals surface area contributed by atoms with Crippen LogP contribution in [0.25, 0.3) is 0 Å².